The molecule has 50 valence electrons. The van der Waals surface area contributed by atoms with Crippen molar-refractivity contribution in [1.29, 1.82) is 0 Å². The summed E-state index contributed by atoms with van der Waals surface area (Å²) < 4.78 is 0. The molecule has 0 aromatic carbocycles. The summed E-state index contributed by atoms with van der Waals surface area (Å²) in [5.74, 6) is 0. The highest BCUT2D eigenvalue weighted by Crippen LogP contribution is 1.14. The molecule has 0 amide bonds. The van der Waals surface area contributed by atoms with Crippen molar-refractivity contribution in [1.82, 2.24) is 0 Å². The smallest absolute Gasteiger partial charge is 0.373 e. The van der Waals surface area contributed by atoms with E-state index in [1.54, 1.807) is 0 Å². The van der Waals surface area contributed by atoms with Gasteiger partial charge in [0.05, 0.1) is 0 Å². The number of rotatable bonds is 0. The van der Waals surface area contributed by atoms with Crippen LogP contribution in [0.5, 0.6) is 0 Å². The van der Waals surface area contributed by atoms with Crippen LogP contribution in [0.25, 0.3) is 0 Å². The molecule has 0 heterocycles. The molecule has 3 nitrogen and oxygen atoms in total. The lowest BCUT2D eigenvalue weighted by atomic mass is 11.0. The maximum absolute atomic E-state index is 8.12. The zero-order valence-electron chi connectivity index (χ0n) is 5.23. The Kier molecular flexibility index (Phi) is 84500. The van der Waals surface area contributed by atoms with Gasteiger partial charge in [0.1, 0.15) is 0 Å². The molecule has 0 bridgehead atoms. The number of carbonyl (C=O) groups excluding carboxylic acids is 2. The highest BCUT2D eigenvalue weighted by Gasteiger charge is 1.13. The van der Waals surface area contributed by atoms with Crippen molar-refractivity contribution < 1.29 is 15.1 Å². The normalized spacial score (nSPS) is 2.25. The molecule has 0 aromatic rings. The minimum absolute atomic E-state index is 0. The van der Waals surface area contributed by atoms with Gasteiger partial charge in [0, 0.05) is 0 Å². The van der Waals surface area contributed by atoms with Crippen LogP contribution in [0.4, 0.5) is 0 Å². The lowest BCUT2D eigenvalue weighted by Gasteiger charge is -1.07. The predicted octanol–water partition coefficient (Wildman–Crippen LogP) is 0.420. The van der Waals surface area contributed by atoms with Gasteiger partial charge in [-0.15, -0.1) is 13.2 Å². The van der Waals surface area contributed by atoms with Crippen molar-refractivity contribution >= 4 is 6.15 Å². The average molecular weight is 120 g/mol. The Balaban J connectivity index is -0.0000000147. The van der Waals surface area contributed by atoms with Crippen LogP contribution < -0.4 is 0 Å². The van der Waals surface area contributed by atoms with E-state index in [9.17, 15) is 0 Å². The molecular formula is C5H12O3. The third kappa shape index (κ3) is 99.9. The molecule has 0 radical (unpaired) electrons. The maximum atomic E-state index is 8.12. The molecular weight excluding hydrogens is 108 g/mol. The van der Waals surface area contributed by atoms with Crippen LogP contribution in [-0.2, 0) is 9.59 Å². The van der Waals surface area contributed by atoms with E-state index in [1.165, 1.54) is 0 Å². The Hall–Kier alpha value is -0.920. The van der Waals surface area contributed by atoms with Crippen LogP contribution in [0.2, 0.25) is 0 Å². The first-order valence-corrected chi connectivity index (χ1v) is 1.91. The first-order chi connectivity index (χ1) is 3.41. The Morgan fingerprint density at radius 1 is 1.12 bits per heavy atom. The van der Waals surface area contributed by atoms with Crippen molar-refractivity contribution in [2.45, 2.75) is 13.8 Å². The summed E-state index contributed by atoms with van der Waals surface area (Å²) in [5.41, 5.74) is 0. The Morgan fingerprint density at radius 2 is 1.12 bits per heavy atom. The molecule has 0 spiro atoms. The van der Waals surface area contributed by atoms with Gasteiger partial charge in [-0.2, -0.15) is 9.59 Å². The van der Waals surface area contributed by atoms with Crippen molar-refractivity contribution in [2.24, 2.45) is 0 Å². The molecule has 0 aliphatic carbocycles. The van der Waals surface area contributed by atoms with Gasteiger partial charge in [-0.05, 0) is 0 Å². The van der Waals surface area contributed by atoms with Crippen LogP contribution in [-0.4, -0.2) is 11.6 Å². The van der Waals surface area contributed by atoms with E-state index in [2.05, 4.69) is 13.2 Å². The second kappa shape index (κ2) is 24500. The third-order valence-corrected chi connectivity index (χ3v) is 0. The topological polar surface area (TPSA) is 65.6 Å². The zero-order valence-corrected chi connectivity index (χ0v) is 5.23. The first-order valence-electron chi connectivity index (χ1n) is 1.91. The maximum Gasteiger partial charge on any atom is 0.373 e. The van der Waals surface area contributed by atoms with Gasteiger partial charge in [0.15, 0.2) is 0 Å². The van der Waals surface area contributed by atoms with Gasteiger partial charge < -0.3 is 5.48 Å². The summed E-state index contributed by atoms with van der Waals surface area (Å²) in [5, 5.41) is 0. The fourth-order valence-corrected chi connectivity index (χ4v) is 0. The SMILES string of the molecule is C=C.CC.O.O=C=O. The molecule has 3 heteroatoms. The van der Waals surface area contributed by atoms with E-state index >= 15 is 0 Å². The van der Waals surface area contributed by atoms with Gasteiger partial charge in [0.25, 0.3) is 0 Å². The van der Waals surface area contributed by atoms with E-state index in [4.69, 9.17) is 9.59 Å². The second-order valence-electron chi connectivity index (χ2n) is 0.0833. The van der Waals surface area contributed by atoms with Gasteiger partial charge in [-0.1, -0.05) is 13.8 Å². The van der Waals surface area contributed by atoms with Crippen LogP contribution in [0.1, 0.15) is 13.8 Å². The summed E-state index contributed by atoms with van der Waals surface area (Å²) >= 11 is 0. The summed E-state index contributed by atoms with van der Waals surface area (Å²) in [4.78, 5) is 16.2. The largest absolute Gasteiger partial charge is 0.412 e. The number of hydrogen-bond donors (Lipinski definition) is 0. The fraction of sp³-hybridized carbons (Fsp3) is 0.400. The molecule has 0 aliphatic rings. The zero-order chi connectivity index (χ0) is 6.71. The van der Waals surface area contributed by atoms with Crippen LogP contribution >= 0.6 is 0 Å². The molecule has 0 atom stereocenters. The molecule has 0 rings (SSSR count). The minimum atomic E-state index is 0. The first kappa shape index (κ1) is 27.6. The standard InChI is InChI=1S/C2H6.C2H4.CO2.H2O/c2*1-2;2-1-3;/h1-2H3;1-2H2;;1H2. The highest BCUT2D eigenvalue weighted by molar-refractivity contribution is 5.20. The highest BCUT2D eigenvalue weighted by atomic mass is 16.2. The van der Waals surface area contributed by atoms with Gasteiger partial charge in [-0.3, -0.25) is 0 Å². The molecule has 0 aromatic heterocycles. The quantitative estimate of drug-likeness (QED) is 0.435. The molecule has 0 fully saturated rings. The third-order valence-electron chi connectivity index (χ3n) is 0. The minimum Gasteiger partial charge on any atom is -0.412 e. The average Bonchev–Trinajstić information content (AvgIpc) is 1.78. The van der Waals surface area contributed by atoms with Crippen molar-refractivity contribution in [2.75, 3.05) is 0 Å². The predicted molar refractivity (Wildman–Crippen MR) is 31.2 cm³/mol. The molecule has 0 aliphatic heterocycles. The molecule has 8 heavy (non-hydrogen) atoms. The van der Waals surface area contributed by atoms with Crippen LogP contribution in [0.3, 0.4) is 0 Å². The number of hydrogen-bond acceptors (Lipinski definition) is 2. The lowest BCUT2D eigenvalue weighted by molar-refractivity contribution is -0.191. The molecule has 0 saturated heterocycles. The summed E-state index contributed by atoms with van der Waals surface area (Å²) in [6.07, 6.45) is 0.250. The van der Waals surface area contributed by atoms with Gasteiger partial charge >= 0.3 is 6.15 Å². The van der Waals surface area contributed by atoms with E-state index in [-0.39, 0.29) is 11.6 Å². The Bertz CT molecular complexity index is 36.9. The Morgan fingerprint density at radius 3 is 1.12 bits per heavy atom. The molecule has 0 unspecified atom stereocenters. The van der Waals surface area contributed by atoms with Crippen molar-refractivity contribution in [3.05, 3.63) is 13.2 Å². The van der Waals surface area contributed by atoms with E-state index in [0.29, 0.717) is 0 Å². The Labute approximate surface area is 49.3 Å². The molecule has 0 saturated carbocycles. The van der Waals surface area contributed by atoms with Crippen LogP contribution in [0, 0.1) is 0 Å². The van der Waals surface area contributed by atoms with Crippen molar-refractivity contribution in [3.8, 4) is 0 Å². The van der Waals surface area contributed by atoms with E-state index < -0.39 is 0 Å². The van der Waals surface area contributed by atoms with Gasteiger partial charge in [-0.25, -0.2) is 0 Å². The summed E-state index contributed by atoms with van der Waals surface area (Å²) in [6.45, 7) is 10.0. The lowest BCUT2D eigenvalue weighted by Crippen LogP contribution is -1.22. The van der Waals surface area contributed by atoms with E-state index in [0.717, 1.165) is 0 Å². The van der Waals surface area contributed by atoms with E-state index in [1.807, 2.05) is 13.8 Å². The summed E-state index contributed by atoms with van der Waals surface area (Å²) in [7, 11) is 0. The summed E-state index contributed by atoms with van der Waals surface area (Å²) in [6, 6.07) is 0. The van der Waals surface area contributed by atoms with Crippen LogP contribution in [0.15, 0.2) is 13.2 Å². The van der Waals surface area contributed by atoms with Crippen molar-refractivity contribution in [3.63, 3.8) is 0 Å². The molecule has 2 N–H and O–H groups in total. The second-order valence-corrected chi connectivity index (χ2v) is 0.0833. The fourth-order valence-electron chi connectivity index (χ4n) is 0. The van der Waals surface area contributed by atoms with Gasteiger partial charge in [0.2, 0.25) is 0 Å². The monoisotopic (exact) mass is 120 g/mol.